The number of fused-ring (bicyclic) bond motifs is 14. The predicted octanol–water partition coefficient (Wildman–Crippen LogP) is 15.9. The number of aromatic nitrogens is 3. The third-order valence-corrected chi connectivity index (χ3v) is 12.8. The Morgan fingerprint density at radius 3 is 1.61 bits per heavy atom. The number of hydrogen-bond acceptors (Lipinski definition) is 5. The number of rotatable bonds is 5. The highest BCUT2D eigenvalue weighted by atomic mass is 16.3. The summed E-state index contributed by atoms with van der Waals surface area (Å²) in [6.07, 6.45) is 0. The maximum absolute atomic E-state index is 7.13. The van der Waals surface area contributed by atoms with Crippen molar-refractivity contribution in [2.75, 3.05) is 0 Å². The van der Waals surface area contributed by atoms with Gasteiger partial charge in [0.1, 0.15) is 39.1 Å². The third-order valence-electron chi connectivity index (χ3n) is 12.8. The second-order valence-corrected chi connectivity index (χ2v) is 16.4. The fourth-order valence-corrected chi connectivity index (χ4v) is 9.98. The first-order valence-corrected chi connectivity index (χ1v) is 21.5. The molecule has 0 amide bonds. The van der Waals surface area contributed by atoms with Crippen molar-refractivity contribution in [3.8, 4) is 50.6 Å². The normalized spacial score (nSPS) is 12.1. The zero-order valence-electron chi connectivity index (χ0n) is 34.1. The maximum atomic E-state index is 7.13. The summed E-state index contributed by atoms with van der Waals surface area (Å²) in [6, 6.07) is 69.7. The van der Waals surface area contributed by atoms with Crippen LogP contribution in [0, 0.1) is 0 Å². The summed E-state index contributed by atoms with van der Waals surface area (Å²) in [5, 5.41) is 7.26. The van der Waals surface area contributed by atoms with Crippen LogP contribution in [0.4, 0.5) is 0 Å². The van der Waals surface area contributed by atoms with E-state index in [2.05, 4.69) is 156 Å². The van der Waals surface area contributed by atoms with E-state index >= 15 is 0 Å². The van der Waals surface area contributed by atoms with Crippen molar-refractivity contribution in [3.05, 3.63) is 200 Å². The van der Waals surface area contributed by atoms with Gasteiger partial charge in [-0.3, -0.25) is 0 Å². The summed E-state index contributed by atoms with van der Waals surface area (Å²) in [5.41, 5.74) is 15.5. The highest BCUT2D eigenvalue weighted by Crippen LogP contribution is 2.48. The van der Waals surface area contributed by atoms with Gasteiger partial charge in [-0.15, -0.1) is 0 Å². The van der Waals surface area contributed by atoms with Crippen LogP contribution in [-0.2, 0) is 0 Å². The Kier molecular flexibility index (Phi) is 7.30. The summed E-state index contributed by atoms with van der Waals surface area (Å²) < 4.78 is 22.6. The summed E-state index contributed by atoms with van der Waals surface area (Å²) in [5.74, 6) is 0.638. The lowest BCUT2D eigenvalue weighted by Gasteiger charge is -2.21. The van der Waals surface area contributed by atoms with Crippen molar-refractivity contribution < 1.29 is 13.3 Å². The van der Waals surface area contributed by atoms with Crippen molar-refractivity contribution in [3.63, 3.8) is 0 Å². The molecule has 0 bridgehead atoms. The Labute approximate surface area is 364 Å². The van der Waals surface area contributed by atoms with E-state index in [0.717, 1.165) is 127 Å². The molecule has 5 aromatic heterocycles. The molecule has 9 aromatic carbocycles. The topological polar surface area (TPSA) is 70.1 Å². The highest BCUT2D eigenvalue weighted by molar-refractivity contribution is 6.28. The molecule has 64 heavy (non-hydrogen) atoms. The standard InChI is InChI=1S/C58H33N3O3/c1-4-16-34(17-5-1)43-32-37(52-57-53(42-24-12-15-27-48(42)63-57)60-58(59-52)36-20-8-3-9-21-36)33-44(35-18-6-2-7-19-35)54(43)61-45-25-13-10-22-40(45)50-46(61)30-28-38-39-29-31-49-51(56(39)64-55(38)50)41-23-11-14-26-47(41)62-49/h1-33H. The SMILES string of the molecule is c1ccc(-c2nc(-c3cc(-c4ccccc4)c(-n4c5ccccc5c5c6oc7c(ccc8oc9ccccc9c87)c6ccc54)c(-c4ccccc4)c3)c3oc4ccccc4c3n2)cc1. The molecule has 298 valence electrons. The molecule has 0 fully saturated rings. The van der Waals surface area contributed by atoms with Gasteiger partial charge in [-0.1, -0.05) is 140 Å². The molecule has 0 saturated heterocycles. The monoisotopic (exact) mass is 819 g/mol. The van der Waals surface area contributed by atoms with Gasteiger partial charge in [0.2, 0.25) is 0 Å². The average molecular weight is 820 g/mol. The van der Waals surface area contributed by atoms with Gasteiger partial charge in [0.15, 0.2) is 11.4 Å². The molecule has 0 radical (unpaired) electrons. The molecular weight excluding hydrogens is 787 g/mol. The number of furan rings is 3. The van der Waals surface area contributed by atoms with Crippen LogP contribution in [0.3, 0.4) is 0 Å². The Bertz CT molecular complexity index is 4120. The predicted molar refractivity (Wildman–Crippen MR) is 260 cm³/mol. The molecule has 0 aliphatic rings. The Balaban J connectivity index is 1.12. The maximum Gasteiger partial charge on any atom is 0.180 e. The van der Waals surface area contributed by atoms with Gasteiger partial charge in [0.25, 0.3) is 0 Å². The van der Waals surface area contributed by atoms with Crippen molar-refractivity contribution in [1.29, 1.82) is 0 Å². The summed E-state index contributed by atoms with van der Waals surface area (Å²) in [7, 11) is 0. The van der Waals surface area contributed by atoms with Crippen molar-refractivity contribution >= 4 is 87.8 Å². The number of benzene rings is 9. The first-order valence-electron chi connectivity index (χ1n) is 21.5. The molecule has 0 aliphatic heterocycles. The van der Waals surface area contributed by atoms with Crippen molar-refractivity contribution in [2.24, 2.45) is 0 Å². The minimum Gasteiger partial charge on any atom is -0.456 e. The van der Waals surface area contributed by atoms with Gasteiger partial charge < -0.3 is 17.8 Å². The molecule has 14 aromatic rings. The van der Waals surface area contributed by atoms with Gasteiger partial charge in [-0.25, -0.2) is 9.97 Å². The molecule has 0 spiro atoms. The van der Waals surface area contributed by atoms with E-state index in [4.69, 9.17) is 23.2 Å². The van der Waals surface area contributed by atoms with E-state index < -0.39 is 0 Å². The van der Waals surface area contributed by atoms with Crippen LogP contribution in [0.1, 0.15) is 0 Å². The zero-order chi connectivity index (χ0) is 41.9. The minimum atomic E-state index is 0.638. The quantitative estimate of drug-likeness (QED) is 0.173. The highest BCUT2D eigenvalue weighted by Gasteiger charge is 2.27. The average Bonchev–Trinajstić information content (AvgIpc) is 4.13. The fraction of sp³-hybridized carbons (Fsp3) is 0. The first kappa shape index (κ1) is 34.9. The fourth-order valence-electron chi connectivity index (χ4n) is 9.98. The molecule has 0 saturated carbocycles. The molecule has 0 N–H and O–H groups in total. The van der Waals surface area contributed by atoms with Crippen LogP contribution < -0.4 is 0 Å². The van der Waals surface area contributed by atoms with E-state index in [1.54, 1.807) is 0 Å². The lowest BCUT2D eigenvalue weighted by atomic mass is 9.91. The molecule has 5 heterocycles. The van der Waals surface area contributed by atoms with E-state index in [0.29, 0.717) is 11.4 Å². The van der Waals surface area contributed by atoms with Crippen LogP contribution >= 0.6 is 0 Å². The molecule has 14 rings (SSSR count). The molecule has 0 atom stereocenters. The van der Waals surface area contributed by atoms with Crippen LogP contribution in [-0.4, -0.2) is 14.5 Å². The Morgan fingerprint density at radius 2 is 0.906 bits per heavy atom. The third kappa shape index (κ3) is 5.02. The molecule has 0 aliphatic carbocycles. The molecule has 6 heteroatoms. The van der Waals surface area contributed by atoms with Gasteiger partial charge in [-0.2, -0.15) is 0 Å². The van der Waals surface area contributed by atoms with E-state index in [-0.39, 0.29) is 0 Å². The van der Waals surface area contributed by atoms with Crippen LogP contribution in [0.2, 0.25) is 0 Å². The second-order valence-electron chi connectivity index (χ2n) is 16.4. The Hall–Kier alpha value is -8.74. The van der Waals surface area contributed by atoms with E-state index in [1.165, 1.54) is 0 Å². The van der Waals surface area contributed by atoms with Crippen LogP contribution in [0.25, 0.3) is 138 Å². The van der Waals surface area contributed by atoms with Gasteiger partial charge in [0.05, 0.1) is 27.5 Å². The summed E-state index contributed by atoms with van der Waals surface area (Å²) in [4.78, 5) is 10.5. The molecule has 0 unspecified atom stereocenters. The lowest BCUT2D eigenvalue weighted by molar-refractivity contribution is 0.664. The molecular formula is C58H33N3O3. The zero-order valence-corrected chi connectivity index (χ0v) is 34.1. The van der Waals surface area contributed by atoms with Crippen LogP contribution in [0.5, 0.6) is 0 Å². The lowest BCUT2D eigenvalue weighted by Crippen LogP contribution is -2.02. The van der Waals surface area contributed by atoms with E-state index in [1.807, 2.05) is 48.5 Å². The van der Waals surface area contributed by atoms with Gasteiger partial charge >= 0.3 is 0 Å². The summed E-state index contributed by atoms with van der Waals surface area (Å²) >= 11 is 0. The van der Waals surface area contributed by atoms with E-state index in [9.17, 15) is 0 Å². The summed E-state index contributed by atoms with van der Waals surface area (Å²) in [6.45, 7) is 0. The largest absolute Gasteiger partial charge is 0.456 e. The number of para-hydroxylation sites is 3. The number of nitrogens with zero attached hydrogens (tertiary/aromatic N) is 3. The van der Waals surface area contributed by atoms with Crippen molar-refractivity contribution in [1.82, 2.24) is 14.5 Å². The van der Waals surface area contributed by atoms with Crippen molar-refractivity contribution in [2.45, 2.75) is 0 Å². The second kappa shape index (κ2) is 13.4. The first-order chi connectivity index (χ1) is 31.7. The van der Waals surface area contributed by atoms with Crippen LogP contribution in [0.15, 0.2) is 213 Å². The smallest absolute Gasteiger partial charge is 0.180 e. The van der Waals surface area contributed by atoms with Gasteiger partial charge in [0, 0.05) is 49.2 Å². The Morgan fingerprint density at radius 1 is 0.344 bits per heavy atom. The molecule has 6 nitrogen and oxygen atoms in total. The number of hydrogen-bond donors (Lipinski definition) is 0. The minimum absolute atomic E-state index is 0.638. The van der Waals surface area contributed by atoms with Gasteiger partial charge in [-0.05, 0) is 71.8 Å².